The molecule has 0 saturated carbocycles. The van der Waals surface area contributed by atoms with Gasteiger partial charge in [-0.1, -0.05) is 24.3 Å². The molecule has 0 atom stereocenters. The first kappa shape index (κ1) is 10.2. The summed E-state index contributed by atoms with van der Waals surface area (Å²) in [4.78, 5) is 0. The average Bonchev–Trinajstić information content (AvgIpc) is 2.32. The number of hydrogen-bond acceptors (Lipinski definition) is 4. The Hall–Kier alpha value is -2.36. The third-order valence-electron chi connectivity index (χ3n) is 2.13. The van der Waals surface area contributed by atoms with Crippen LogP contribution in [0.15, 0.2) is 24.3 Å². The largest absolute Gasteiger partial charge is 0.504 e. The second-order valence-corrected chi connectivity index (χ2v) is 3.17. The van der Waals surface area contributed by atoms with Crippen molar-refractivity contribution in [2.75, 3.05) is 0 Å². The van der Waals surface area contributed by atoms with E-state index in [4.69, 9.17) is 5.11 Å². The van der Waals surface area contributed by atoms with Crippen LogP contribution in [0.25, 0.3) is 11.1 Å². The summed E-state index contributed by atoms with van der Waals surface area (Å²) in [5, 5.41) is 37.4. The van der Waals surface area contributed by atoms with Gasteiger partial charge in [-0.2, -0.15) is 0 Å². The van der Waals surface area contributed by atoms with E-state index in [1.165, 1.54) is 0 Å². The zero-order chi connectivity index (χ0) is 11.7. The Labute approximate surface area is 91.7 Å². The van der Waals surface area contributed by atoms with Gasteiger partial charge in [0.15, 0.2) is 11.5 Å². The highest BCUT2D eigenvalue weighted by Gasteiger charge is 2.17. The lowest BCUT2D eigenvalue weighted by Crippen LogP contribution is -1.82. The molecule has 0 spiro atoms. The molecule has 0 aliphatic carbocycles. The highest BCUT2D eigenvalue weighted by molar-refractivity contribution is 5.77. The molecular weight excluding hydrogens is 208 g/mol. The second kappa shape index (κ2) is 3.66. The smallest absolute Gasteiger partial charge is 0.204 e. The highest BCUT2D eigenvalue weighted by atomic mass is 16.3. The van der Waals surface area contributed by atoms with Gasteiger partial charge in [-0.25, -0.2) is 0 Å². The van der Waals surface area contributed by atoms with Gasteiger partial charge < -0.3 is 20.4 Å². The van der Waals surface area contributed by atoms with Crippen LogP contribution in [-0.2, 0) is 0 Å². The fourth-order valence-corrected chi connectivity index (χ4v) is 1.32. The lowest BCUT2D eigenvalue weighted by atomic mass is 10.0. The first-order chi connectivity index (χ1) is 7.61. The molecule has 4 N–H and O–H groups in total. The van der Waals surface area contributed by atoms with Crippen LogP contribution < -0.4 is 0 Å². The summed E-state index contributed by atoms with van der Waals surface area (Å²) >= 11 is 0. The Morgan fingerprint density at radius 1 is 0.875 bits per heavy atom. The quantitative estimate of drug-likeness (QED) is 0.432. The molecule has 0 aliphatic rings. The number of rotatable bonds is 1. The maximum atomic E-state index is 9.58. The van der Waals surface area contributed by atoms with Gasteiger partial charge in [0.05, 0.1) is 0 Å². The molecule has 2 aromatic carbocycles. The third kappa shape index (κ3) is 1.50. The minimum atomic E-state index is -0.794. The van der Waals surface area contributed by atoms with Crippen molar-refractivity contribution in [1.82, 2.24) is 0 Å². The summed E-state index contributed by atoms with van der Waals surface area (Å²) in [6.07, 6.45) is 0. The Kier molecular flexibility index (Phi) is 2.32. The van der Waals surface area contributed by atoms with Crippen LogP contribution in [0.1, 0.15) is 0 Å². The minimum absolute atomic E-state index is 0.0772. The van der Waals surface area contributed by atoms with E-state index in [1.807, 2.05) is 0 Å². The molecule has 2 rings (SSSR count). The van der Waals surface area contributed by atoms with Crippen LogP contribution in [0.5, 0.6) is 23.0 Å². The van der Waals surface area contributed by atoms with Gasteiger partial charge in [0.25, 0.3) is 0 Å². The monoisotopic (exact) mass is 216 g/mol. The zero-order valence-electron chi connectivity index (χ0n) is 8.10. The van der Waals surface area contributed by atoms with E-state index in [2.05, 4.69) is 12.1 Å². The van der Waals surface area contributed by atoms with Crippen LogP contribution in [-0.4, -0.2) is 20.4 Å². The molecule has 0 aliphatic heterocycles. The van der Waals surface area contributed by atoms with Crippen molar-refractivity contribution >= 4 is 0 Å². The van der Waals surface area contributed by atoms with Crippen LogP contribution in [0.3, 0.4) is 0 Å². The maximum absolute atomic E-state index is 9.58. The molecule has 0 heterocycles. The molecule has 80 valence electrons. The number of phenols is 4. The van der Waals surface area contributed by atoms with Gasteiger partial charge >= 0.3 is 0 Å². The topological polar surface area (TPSA) is 80.9 Å². The van der Waals surface area contributed by atoms with E-state index in [0.29, 0.717) is 5.56 Å². The number of hydrogen-bond donors (Lipinski definition) is 4. The van der Waals surface area contributed by atoms with Gasteiger partial charge in [0.2, 0.25) is 11.5 Å². The molecular formula is C12H8O4. The number of aromatic hydroxyl groups is 4. The van der Waals surface area contributed by atoms with Crippen molar-refractivity contribution in [1.29, 1.82) is 0 Å². The van der Waals surface area contributed by atoms with Gasteiger partial charge in [-0.15, -0.1) is 0 Å². The Morgan fingerprint density at radius 2 is 1.62 bits per heavy atom. The van der Waals surface area contributed by atoms with Crippen molar-refractivity contribution in [2.24, 2.45) is 0 Å². The van der Waals surface area contributed by atoms with E-state index in [9.17, 15) is 15.3 Å². The minimum Gasteiger partial charge on any atom is -0.504 e. The van der Waals surface area contributed by atoms with Gasteiger partial charge in [0, 0.05) is 11.6 Å². The summed E-state index contributed by atoms with van der Waals surface area (Å²) in [5.74, 6) is -2.74. The van der Waals surface area contributed by atoms with Crippen LogP contribution in [0.2, 0.25) is 0 Å². The lowest BCUT2D eigenvalue weighted by molar-refractivity contribution is 0.346. The summed E-state index contributed by atoms with van der Waals surface area (Å²) in [5.41, 5.74) is 0.527. The predicted octanol–water partition coefficient (Wildman–Crippen LogP) is 1.78. The standard InChI is InChI=1S/C12H8O4/c13-9-6-8(7-4-2-1-3-5-7)10(14)12(16)11(9)15/h1-4,13-16H. The molecule has 2 radical (unpaired) electrons. The highest BCUT2D eigenvalue weighted by Crippen LogP contribution is 2.46. The van der Waals surface area contributed by atoms with Gasteiger partial charge in [-0.05, 0) is 11.6 Å². The fourth-order valence-electron chi connectivity index (χ4n) is 1.32. The molecule has 4 heteroatoms. The van der Waals surface area contributed by atoms with Gasteiger partial charge in [-0.3, -0.25) is 0 Å². The predicted molar refractivity (Wildman–Crippen MR) is 56.2 cm³/mol. The van der Waals surface area contributed by atoms with Crippen molar-refractivity contribution in [2.45, 2.75) is 0 Å². The molecule has 4 nitrogen and oxygen atoms in total. The molecule has 0 fully saturated rings. The second-order valence-electron chi connectivity index (χ2n) is 3.17. The summed E-state index contributed by atoms with van der Waals surface area (Å²) < 4.78 is 0. The SMILES string of the molecule is Oc1[c]c(-c2[c]cccc2)c(O)c(O)c1O. The maximum Gasteiger partial charge on any atom is 0.204 e. The first-order valence-corrected chi connectivity index (χ1v) is 4.47. The van der Waals surface area contributed by atoms with Crippen molar-refractivity contribution in [3.63, 3.8) is 0 Å². The first-order valence-electron chi connectivity index (χ1n) is 4.47. The normalized spacial score (nSPS) is 10.2. The fraction of sp³-hybridized carbons (Fsp3) is 0. The molecule has 0 aromatic heterocycles. The van der Waals surface area contributed by atoms with Gasteiger partial charge in [0.1, 0.15) is 0 Å². The lowest BCUT2D eigenvalue weighted by Gasteiger charge is -2.08. The Bertz CT molecular complexity index is 520. The average molecular weight is 216 g/mol. The van der Waals surface area contributed by atoms with E-state index >= 15 is 0 Å². The van der Waals surface area contributed by atoms with Crippen molar-refractivity contribution < 1.29 is 20.4 Å². The number of phenolic OH excluding ortho intramolecular Hbond substituents is 4. The Morgan fingerprint density at radius 3 is 2.25 bits per heavy atom. The molecule has 0 bridgehead atoms. The molecule has 16 heavy (non-hydrogen) atoms. The van der Waals surface area contributed by atoms with Crippen molar-refractivity contribution in [3.05, 3.63) is 36.4 Å². The van der Waals surface area contributed by atoms with Crippen LogP contribution in [0.4, 0.5) is 0 Å². The zero-order valence-corrected chi connectivity index (χ0v) is 8.10. The van der Waals surface area contributed by atoms with Crippen LogP contribution >= 0.6 is 0 Å². The summed E-state index contributed by atoms with van der Waals surface area (Å²) in [6.45, 7) is 0. The number of benzene rings is 2. The molecule has 0 saturated heterocycles. The summed E-state index contributed by atoms with van der Waals surface area (Å²) in [6, 6.07) is 11.9. The molecule has 0 amide bonds. The van der Waals surface area contributed by atoms with Crippen LogP contribution in [0, 0.1) is 12.1 Å². The van der Waals surface area contributed by atoms with E-state index in [-0.39, 0.29) is 5.56 Å². The summed E-state index contributed by atoms with van der Waals surface area (Å²) in [7, 11) is 0. The van der Waals surface area contributed by atoms with E-state index < -0.39 is 23.0 Å². The Balaban J connectivity index is 2.68. The van der Waals surface area contributed by atoms with E-state index in [0.717, 1.165) is 0 Å². The third-order valence-corrected chi connectivity index (χ3v) is 2.13. The van der Waals surface area contributed by atoms with Crippen molar-refractivity contribution in [3.8, 4) is 34.1 Å². The van der Waals surface area contributed by atoms with E-state index in [1.54, 1.807) is 24.3 Å². The molecule has 0 unspecified atom stereocenters. The molecule has 2 aromatic rings.